The smallest absolute Gasteiger partial charge is 0.416 e. The predicted octanol–water partition coefficient (Wildman–Crippen LogP) is 5.20. The van der Waals surface area contributed by atoms with Crippen molar-refractivity contribution >= 4 is 41.3 Å². The number of carboxylic acid groups (broad SMARTS) is 1. The molecule has 0 radical (unpaired) electrons. The van der Waals surface area contributed by atoms with Gasteiger partial charge in [-0.1, -0.05) is 42.5 Å². The molecule has 53 heavy (non-hydrogen) atoms. The van der Waals surface area contributed by atoms with Crippen molar-refractivity contribution in [2.24, 2.45) is 0 Å². The Hall–Kier alpha value is -6.72. The Bertz CT molecular complexity index is 2000. The molecule has 4 aromatic carbocycles. The van der Waals surface area contributed by atoms with Crippen molar-refractivity contribution < 1.29 is 69.7 Å². The fraction of sp³-hybridized carbons (Fsp3) is 0.143. The molecule has 0 aliphatic heterocycles. The van der Waals surface area contributed by atoms with E-state index in [0.29, 0.717) is 30.0 Å². The number of rotatable bonds is 11. The van der Waals surface area contributed by atoms with Gasteiger partial charge >= 0.3 is 30.3 Å². The SMILES string of the molecule is O=C(Cc1ccccc1)Nc1ccc(C(=O)NNC(=O)[C@H](OC(=O)c2cccc(C(F)(F)F)c2)[C@H](OC(=O)c2cccc(C(F)(F)F)c2)C(=O)O)cc1. The van der Waals surface area contributed by atoms with Gasteiger partial charge in [-0.15, -0.1) is 0 Å². The average Bonchev–Trinajstić information content (AvgIpc) is 3.11. The number of hydrazine groups is 1. The van der Waals surface area contributed by atoms with Crippen LogP contribution in [0, 0.1) is 0 Å². The van der Waals surface area contributed by atoms with Crippen molar-refractivity contribution in [3.05, 3.63) is 137 Å². The fourth-order valence-electron chi connectivity index (χ4n) is 4.46. The van der Waals surface area contributed by atoms with Gasteiger partial charge in [-0.3, -0.25) is 25.2 Å². The third-order valence-corrected chi connectivity index (χ3v) is 7.03. The van der Waals surface area contributed by atoms with Gasteiger partial charge in [0.05, 0.1) is 28.7 Å². The molecule has 4 N–H and O–H groups in total. The Morgan fingerprint density at radius 2 is 1.11 bits per heavy atom. The molecule has 0 fully saturated rings. The summed E-state index contributed by atoms with van der Waals surface area (Å²) in [6.45, 7) is 0. The van der Waals surface area contributed by atoms with Crippen molar-refractivity contribution in [1.82, 2.24) is 10.9 Å². The number of aliphatic carboxylic acids is 1. The molecule has 18 heteroatoms. The first kappa shape index (κ1) is 39.1. The molecular weight excluding hydrogens is 720 g/mol. The first-order valence-corrected chi connectivity index (χ1v) is 15.0. The lowest BCUT2D eigenvalue weighted by molar-refractivity contribution is -0.159. The zero-order valence-corrected chi connectivity index (χ0v) is 26.7. The molecule has 0 aliphatic carbocycles. The standard InChI is InChI=1S/C35H25F6N3O9/c36-34(37,38)23-10-4-8-21(17-23)32(50)52-27(28(31(48)49)53-33(51)22-9-5-11-24(18-22)35(39,40)41)30(47)44-43-29(46)20-12-14-25(15-13-20)42-26(45)16-19-6-2-1-3-7-19/h1-15,17-18,27-28H,16H2,(H,42,45)(H,43,46)(H,44,47)(H,48,49)/t27-,28+/m1/s1. The highest BCUT2D eigenvalue weighted by Crippen LogP contribution is 2.31. The third-order valence-electron chi connectivity index (χ3n) is 7.03. The van der Waals surface area contributed by atoms with Crippen molar-refractivity contribution in [3.63, 3.8) is 0 Å². The molecule has 0 aromatic heterocycles. The largest absolute Gasteiger partial charge is 0.478 e. The second kappa shape index (κ2) is 16.5. The average molecular weight is 746 g/mol. The molecule has 4 aromatic rings. The molecule has 0 saturated heterocycles. The fourth-order valence-corrected chi connectivity index (χ4v) is 4.46. The molecular formula is C35H25F6N3O9. The second-order valence-electron chi connectivity index (χ2n) is 10.9. The molecule has 0 heterocycles. The number of carbonyl (C=O) groups is 6. The number of hydrogen-bond donors (Lipinski definition) is 4. The maximum atomic E-state index is 13.3. The maximum Gasteiger partial charge on any atom is 0.416 e. The second-order valence-corrected chi connectivity index (χ2v) is 10.9. The topological polar surface area (TPSA) is 177 Å². The van der Waals surface area contributed by atoms with Crippen LogP contribution in [0.2, 0.25) is 0 Å². The van der Waals surface area contributed by atoms with Gasteiger partial charge in [0.25, 0.3) is 11.8 Å². The van der Waals surface area contributed by atoms with Gasteiger partial charge < -0.3 is 19.9 Å². The zero-order chi connectivity index (χ0) is 38.9. The van der Waals surface area contributed by atoms with Gasteiger partial charge in [0.1, 0.15) is 0 Å². The summed E-state index contributed by atoms with van der Waals surface area (Å²) in [7, 11) is 0. The molecule has 4 rings (SSSR count). The molecule has 0 bridgehead atoms. The number of halogens is 6. The highest BCUT2D eigenvalue weighted by atomic mass is 19.4. The number of anilines is 1. The Balaban J connectivity index is 1.52. The number of nitrogens with one attached hydrogen (secondary N) is 3. The van der Waals surface area contributed by atoms with Gasteiger partial charge in [0.2, 0.25) is 18.1 Å². The zero-order valence-electron chi connectivity index (χ0n) is 26.7. The summed E-state index contributed by atoms with van der Waals surface area (Å²) in [5, 5.41) is 12.5. The number of esters is 2. The van der Waals surface area contributed by atoms with E-state index in [-0.39, 0.29) is 17.9 Å². The normalized spacial score (nSPS) is 12.4. The van der Waals surface area contributed by atoms with Crippen LogP contribution in [-0.2, 0) is 42.6 Å². The molecule has 2 atom stereocenters. The minimum absolute atomic E-state index is 0.0568. The molecule has 0 saturated carbocycles. The summed E-state index contributed by atoms with van der Waals surface area (Å²) in [6.07, 6.45) is -15.4. The van der Waals surface area contributed by atoms with Crippen molar-refractivity contribution in [3.8, 4) is 0 Å². The number of alkyl halides is 6. The number of amides is 3. The van der Waals surface area contributed by atoms with Crippen LogP contribution in [0.15, 0.2) is 103 Å². The molecule has 276 valence electrons. The van der Waals surface area contributed by atoms with E-state index in [0.717, 1.165) is 29.8 Å². The minimum atomic E-state index is -4.94. The highest BCUT2D eigenvalue weighted by Gasteiger charge is 2.42. The monoisotopic (exact) mass is 745 g/mol. The van der Waals surface area contributed by atoms with E-state index in [1.165, 1.54) is 24.3 Å². The van der Waals surface area contributed by atoms with Crippen LogP contribution in [0.3, 0.4) is 0 Å². The van der Waals surface area contributed by atoms with E-state index in [4.69, 9.17) is 9.47 Å². The first-order valence-electron chi connectivity index (χ1n) is 15.0. The summed E-state index contributed by atoms with van der Waals surface area (Å²) in [5.41, 5.74) is 0.243. The van der Waals surface area contributed by atoms with E-state index < -0.39 is 76.5 Å². The molecule has 0 unspecified atom stereocenters. The number of ether oxygens (including phenoxy) is 2. The first-order chi connectivity index (χ1) is 24.9. The molecule has 12 nitrogen and oxygen atoms in total. The number of benzene rings is 4. The van der Waals surface area contributed by atoms with Gasteiger partial charge in [-0.25, -0.2) is 14.4 Å². The van der Waals surface area contributed by atoms with Gasteiger partial charge in [0.15, 0.2) is 0 Å². The van der Waals surface area contributed by atoms with Crippen LogP contribution in [0.1, 0.15) is 47.8 Å². The quantitative estimate of drug-likeness (QED) is 0.0913. The van der Waals surface area contributed by atoms with Crippen molar-refractivity contribution in [2.75, 3.05) is 5.32 Å². The van der Waals surface area contributed by atoms with Crippen LogP contribution in [0.4, 0.5) is 32.0 Å². The number of carboxylic acids is 1. The summed E-state index contributed by atoms with van der Waals surface area (Å²) < 4.78 is 89.0. The van der Waals surface area contributed by atoms with Gasteiger partial charge in [-0.2, -0.15) is 26.3 Å². The third kappa shape index (κ3) is 10.9. The lowest BCUT2D eigenvalue weighted by Crippen LogP contribution is -2.54. The van der Waals surface area contributed by atoms with E-state index in [1.54, 1.807) is 35.8 Å². The summed E-state index contributed by atoms with van der Waals surface area (Å²) >= 11 is 0. The maximum absolute atomic E-state index is 13.3. The Morgan fingerprint density at radius 1 is 0.604 bits per heavy atom. The number of carbonyl (C=O) groups excluding carboxylic acids is 5. The molecule has 0 aliphatic rings. The molecule has 3 amide bonds. The Kier molecular flexibility index (Phi) is 12.2. The predicted molar refractivity (Wildman–Crippen MR) is 170 cm³/mol. The van der Waals surface area contributed by atoms with E-state index in [9.17, 15) is 60.2 Å². The van der Waals surface area contributed by atoms with E-state index in [2.05, 4.69) is 5.32 Å². The Labute approximate surface area is 294 Å². The lowest BCUT2D eigenvalue weighted by atomic mass is 10.1. The van der Waals surface area contributed by atoms with Crippen LogP contribution in [-0.4, -0.2) is 52.9 Å². The van der Waals surface area contributed by atoms with Gasteiger partial charge in [0, 0.05) is 11.3 Å². The molecule has 0 spiro atoms. The van der Waals surface area contributed by atoms with Crippen LogP contribution < -0.4 is 16.2 Å². The summed E-state index contributed by atoms with van der Waals surface area (Å²) in [4.78, 5) is 76.2. The van der Waals surface area contributed by atoms with Crippen LogP contribution in [0.5, 0.6) is 0 Å². The Morgan fingerprint density at radius 3 is 1.60 bits per heavy atom. The van der Waals surface area contributed by atoms with E-state index in [1.807, 2.05) is 5.43 Å². The minimum Gasteiger partial charge on any atom is -0.478 e. The van der Waals surface area contributed by atoms with E-state index >= 15 is 0 Å². The van der Waals surface area contributed by atoms with Crippen molar-refractivity contribution in [2.45, 2.75) is 31.0 Å². The van der Waals surface area contributed by atoms with Crippen LogP contribution in [0.25, 0.3) is 0 Å². The highest BCUT2D eigenvalue weighted by molar-refractivity contribution is 6.00. The van der Waals surface area contributed by atoms with Crippen molar-refractivity contribution in [1.29, 1.82) is 0 Å². The van der Waals surface area contributed by atoms with Gasteiger partial charge in [-0.05, 0) is 66.2 Å². The summed E-state index contributed by atoms with van der Waals surface area (Å²) in [6, 6.07) is 19.0. The van der Waals surface area contributed by atoms with Crippen LogP contribution >= 0.6 is 0 Å². The number of hydrogen-bond acceptors (Lipinski definition) is 8. The lowest BCUT2D eigenvalue weighted by Gasteiger charge is -2.24. The summed E-state index contributed by atoms with van der Waals surface area (Å²) in [5.74, 6) is -8.72.